The molecule has 0 aliphatic carbocycles. The van der Waals surface area contributed by atoms with Gasteiger partial charge in [-0.15, -0.1) is 0 Å². The maximum absolute atomic E-state index is 12.8. The number of aliphatic hydroxyl groups is 4. The molecule has 4 heterocycles. The number of carbonyl (C=O) groups is 2. The van der Waals surface area contributed by atoms with Gasteiger partial charge in [0.05, 0.1) is 19.3 Å². The Morgan fingerprint density at radius 1 is 0.459 bits per heavy atom. The van der Waals surface area contributed by atoms with E-state index >= 15 is 0 Å². The number of carboxylic acids is 2. The zero-order valence-corrected chi connectivity index (χ0v) is 40.8. The maximum Gasteiger partial charge on any atom is 0.397 e. The van der Waals surface area contributed by atoms with E-state index in [-0.39, 0.29) is 0 Å². The van der Waals surface area contributed by atoms with Gasteiger partial charge < -0.3 is 63.8 Å². The molecule has 19 atom stereocenters. The third-order valence-corrected chi connectivity index (χ3v) is 12.9. The lowest BCUT2D eigenvalue weighted by Gasteiger charge is -2.49. The molecule has 0 radical (unpaired) electrons. The minimum absolute atomic E-state index is 0.909. The third kappa shape index (κ3) is 19.2. The van der Waals surface area contributed by atoms with Gasteiger partial charge in [-0.3, -0.25) is 31.9 Å². The number of ether oxygens (including phenoxy) is 7. The normalized spacial score (nSPS) is 37.3. The van der Waals surface area contributed by atoms with E-state index in [4.69, 9.17) is 37.7 Å². The van der Waals surface area contributed by atoms with Gasteiger partial charge in [0.15, 0.2) is 49.6 Å². The Hall–Kier alpha value is -2.41. The van der Waals surface area contributed by atoms with Gasteiger partial charge in [-0.1, -0.05) is 0 Å². The van der Waals surface area contributed by atoms with Crippen molar-refractivity contribution >= 4 is 84.6 Å². The first-order chi connectivity index (χ1) is 33.3. The second-order valence-electron chi connectivity index (χ2n) is 14.8. The van der Waals surface area contributed by atoms with Crippen LogP contribution >= 0.6 is 0 Å². The Balaban J connectivity index is 1.91. The van der Waals surface area contributed by atoms with Gasteiger partial charge in [-0.05, 0) is 0 Å². The molecule has 4 fully saturated rings. The van der Waals surface area contributed by atoms with Crippen LogP contribution in [0, 0.1) is 0 Å². The van der Waals surface area contributed by atoms with E-state index in [2.05, 4.69) is 25.1 Å². The summed E-state index contributed by atoms with van der Waals surface area (Å²) in [5.41, 5.74) is 0. The summed E-state index contributed by atoms with van der Waals surface area (Å²) in [7, 11) is -41.8. The number of aliphatic hydroxyl groups excluding tert-OH is 4. The predicted molar refractivity (Wildman–Crippen MR) is 209 cm³/mol. The van der Waals surface area contributed by atoms with Crippen molar-refractivity contribution in [2.75, 3.05) is 13.2 Å². The highest BCUT2D eigenvalue weighted by Crippen LogP contribution is 2.38. The highest BCUT2D eigenvalue weighted by molar-refractivity contribution is 7.84. The minimum atomic E-state index is -6.19. The number of nitrogens with one attached hydrogen (secondary N) is 1. The summed E-state index contributed by atoms with van der Waals surface area (Å²) in [6, 6.07) is -3.08. The van der Waals surface area contributed by atoms with E-state index in [0.29, 0.717) is 0 Å². The Bertz CT molecular complexity index is 2810. The summed E-state index contributed by atoms with van der Waals surface area (Å²) in [6.07, 6.45) is -53.2. The molecule has 74 heavy (non-hydrogen) atoms. The fourth-order valence-corrected chi connectivity index (χ4v) is 10.1. The first-order valence-corrected chi connectivity index (χ1v) is 28.3. The topological polar surface area (TPSA) is 668 Å². The number of aliphatic carboxylic acids is 2. The standard InChI is InChI=1S/C24H39NO42S7/c26-4-1-5(19(29)30)58-23(9(4)27)60-11-7(3-56-70(40,41)42)59-22(8(25-68(34,35)36)13(11)64-71(43,44)45)62-14-10(28)15(65-72(46,47)48)24(63-17(14)20(31)32)61-12-6(2-55-69(37,38)39)57-21(33)18(67-74(52,53)54)16(12)66-73(49,50)51/h4-18,21-28,33H,1-3H2,(H,29,30)(H,31,32)(H,34,35,36)(H,37,38,39)(H,40,41,42)(H,43,44,45)(H,46,47,48)(H,49,50,51)(H,52,53,54)/t4-,5-,6+,7+,8+,9+,10-,11+,12+,13+,14-,15+,16-,17+,18+,21-,22+,23+,24-/m0/s1. The predicted octanol–water partition coefficient (Wildman–Crippen LogP) is -10.2. The molecular formula is C24H39NO42S7. The molecule has 43 nitrogen and oxygen atoms in total. The van der Waals surface area contributed by atoms with Crippen LogP contribution in [-0.2, 0) is 141 Å². The molecule has 4 aliphatic rings. The average molecular weight is 1240 g/mol. The number of hydrogen-bond acceptors (Lipinski definition) is 33. The Kier molecular flexibility index (Phi) is 20.7. The van der Waals surface area contributed by atoms with Crippen LogP contribution < -0.4 is 4.72 Å². The summed E-state index contributed by atoms with van der Waals surface area (Å²) in [4.78, 5) is 24.6. The molecule has 14 N–H and O–H groups in total. The molecule has 0 aromatic carbocycles. The summed E-state index contributed by atoms with van der Waals surface area (Å²) in [5, 5.41) is 62.7. The van der Waals surface area contributed by atoms with Crippen LogP contribution in [0.5, 0.6) is 0 Å². The van der Waals surface area contributed by atoms with E-state index in [9.17, 15) is 126 Å². The van der Waals surface area contributed by atoms with E-state index < -0.39 is 221 Å². The van der Waals surface area contributed by atoms with Gasteiger partial charge in [0.2, 0.25) is 0 Å². The lowest BCUT2D eigenvalue weighted by molar-refractivity contribution is -0.366. The monoisotopic (exact) mass is 1240 g/mol. The molecule has 0 spiro atoms. The molecule has 0 amide bonds. The molecule has 4 aliphatic heterocycles. The molecule has 0 aromatic heterocycles. The lowest BCUT2D eigenvalue weighted by Crippen LogP contribution is -2.70. The summed E-state index contributed by atoms with van der Waals surface area (Å²) < 4.78 is 296. The Labute approximate surface area is 413 Å². The fraction of sp³-hybridized carbons (Fsp3) is 0.917. The highest BCUT2D eigenvalue weighted by atomic mass is 32.3. The number of rotatable bonds is 24. The number of hydrogen-bond donors (Lipinski definition) is 14. The van der Waals surface area contributed by atoms with Gasteiger partial charge in [-0.25, -0.2) is 34.7 Å². The van der Waals surface area contributed by atoms with Crippen molar-refractivity contribution < 1.29 is 189 Å². The van der Waals surface area contributed by atoms with Crippen molar-refractivity contribution in [3.8, 4) is 0 Å². The van der Waals surface area contributed by atoms with Gasteiger partial charge in [-0.2, -0.15) is 63.6 Å². The SMILES string of the molecule is O=C(O)[C@@H]1C[C@H](O)[C@@H](O)[C@@H](O[C@H]2[C@H](OS(=O)(=O)O)[C@@H](NS(=O)(=O)O)[C@@H](O[C@H]3[C@H](O)[C@@H](OS(=O)(=O)O)[C@@H](O[C@H]4[C@H](OS(=O)(=O)O)[C@@H](OS(=O)(=O)O)[C@@H](O)O[C@@H]4COS(=O)(=O)O)O[C@H]3C(=O)O)O[C@@H]2COS(=O)(=O)O)O1. The van der Waals surface area contributed by atoms with Crippen LogP contribution in [0.25, 0.3) is 0 Å². The zero-order chi connectivity index (χ0) is 56.6. The van der Waals surface area contributed by atoms with E-state index in [1.165, 1.54) is 0 Å². The van der Waals surface area contributed by atoms with E-state index in [1.54, 1.807) is 0 Å². The number of carboxylic acid groups (broad SMARTS) is 2. The van der Waals surface area contributed by atoms with Crippen LogP contribution in [0.4, 0.5) is 0 Å². The largest absolute Gasteiger partial charge is 0.479 e. The van der Waals surface area contributed by atoms with Crippen LogP contribution in [-0.4, -0.2) is 263 Å². The Morgan fingerprint density at radius 2 is 0.892 bits per heavy atom. The summed E-state index contributed by atoms with van der Waals surface area (Å²) in [5.74, 6) is -4.42. The van der Waals surface area contributed by atoms with Crippen molar-refractivity contribution in [3.63, 3.8) is 0 Å². The van der Waals surface area contributed by atoms with Gasteiger partial charge in [0.1, 0.15) is 61.0 Å². The quantitative estimate of drug-likeness (QED) is 0.0399. The van der Waals surface area contributed by atoms with Crippen LogP contribution in [0.2, 0.25) is 0 Å². The van der Waals surface area contributed by atoms with Gasteiger partial charge in [0.25, 0.3) is 0 Å². The van der Waals surface area contributed by atoms with Crippen molar-refractivity contribution in [1.82, 2.24) is 4.72 Å². The second kappa shape index (κ2) is 23.9. The Morgan fingerprint density at radius 3 is 1.35 bits per heavy atom. The highest BCUT2D eigenvalue weighted by Gasteiger charge is 2.60. The van der Waals surface area contributed by atoms with Crippen LogP contribution in [0.15, 0.2) is 0 Å². The molecule has 0 unspecified atom stereocenters. The molecule has 4 saturated heterocycles. The van der Waals surface area contributed by atoms with Crippen molar-refractivity contribution in [3.05, 3.63) is 0 Å². The smallest absolute Gasteiger partial charge is 0.397 e. The second-order valence-corrected chi connectivity index (χ2v) is 22.3. The van der Waals surface area contributed by atoms with E-state index in [0.717, 1.165) is 4.72 Å². The van der Waals surface area contributed by atoms with Gasteiger partial charge >= 0.3 is 84.6 Å². The summed E-state index contributed by atoms with van der Waals surface area (Å²) >= 11 is 0. The van der Waals surface area contributed by atoms with E-state index in [1.807, 2.05) is 0 Å². The molecule has 0 saturated carbocycles. The summed E-state index contributed by atoms with van der Waals surface area (Å²) in [6.45, 7) is -3.63. The van der Waals surface area contributed by atoms with Crippen molar-refractivity contribution in [2.24, 2.45) is 0 Å². The van der Waals surface area contributed by atoms with Crippen molar-refractivity contribution in [1.29, 1.82) is 0 Å². The lowest BCUT2D eigenvalue weighted by atomic mass is 9.95. The first kappa shape index (κ1) is 64.1. The third-order valence-electron chi connectivity index (χ3n) is 9.57. The first-order valence-electron chi connectivity index (χ1n) is 18.7. The molecule has 50 heteroatoms. The van der Waals surface area contributed by atoms with Crippen LogP contribution in [0.1, 0.15) is 6.42 Å². The molecule has 434 valence electrons. The molecule has 0 bridgehead atoms. The molecule has 4 rings (SSSR count). The molecular weight excluding hydrogens is 1200 g/mol. The minimum Gasteiger partial charge on any atom is -0.479 e. The molecule has 0 aromatic rings. The van der Waals surface area contributed by atoms with Crippen molar-refractivity contribution in [2.45, 2.75) is 123 Å². The fourth-order valence-electron chi connectivity index (χ4n) is 6.97. The van der Waals surface area contributed by atoms with Gasteiger partial charge in [0, 0.05) is 6.42 Å². The zero-order valence-electron chi connectivity index (χ0n) is 35.1. The van der Waals surface area contributed by atoms with Crippen LogP contribution in [0.3, 0.4) is 0 Å². The average Bonchev–Trinajstić information content (AvgIpc) is 3.18. The maximum atomic E-state index is 12.8.